The standard InChI is InChI=1S/C13H17FN2/c1-2-8-16-13(9-12(10-14)15-16)11-6-4-3-5-7-11/h3-7,13H,2,8-10H2,1H3. The molecule has 1 atom stereocenters. The second-order valence-electron chi connectivity index (χ2n) is 4.09. The number of hydrogen-bond donors (Lipinski definition) is 0. The maximum Gasteiger partial charge on any atom is 0.129 e. The zero-order chi connectivity index (χ0) is 11.4. The van der Waals surface area contributed by atoms with Crippen molar-refractivity contribution in [3.05, 3.63) is 35.9 Å². The van der Waals surface area contributed by atoms with E-state index in [1.807, 2.05) is 23.2 Å². The molecule has 0 aromatic heterocycles. The number of halogens is 1. The first-order chi connectivity index (χ1) is 7.85. The Morgan fingerprint density at radius 1 is 1.38 bits per heavy atom. The van der Waals surface area contributed by atoms with E-state index in [1.54, 1.807) is 0 Å². The van der Waals surface area contributed by atoms with E-state index in [9.17, 15) is 4.39 Å². The van der Waals surface area contributed by atoms with Crippen LogP contribution >= 0.6 is 0 Å². The second-order valence-corrected chi connectivity index (χ2v) is 4.09. The van der Waals surface area contributed by atoms with E-state index >= 15 is 0 Å². The summed E-state index contributed by atoms with van der Waals surface area (Å²) in [7, 11) is 0. The molecule has 1 heterocycles. The summed E-state index contributed by atoms with van der Waals surface area (Å²) in [6.45, 7) is 2.58. The molecule has 0 fully saturated rings. The molecule has 1 aromatic rings. The monoisotopic (exact) mass is 220 g/mol. The molecule has 3 heteroatoms. The minimum absolute atomic E-state index is 0.229. The van der Waals surface area contributed by atoms with Gasteiger partial charge in [-0.2, -0.15) is 5.10 Å². The van der Waals surface area contributed by atoms with Crippen molar-refractivity contribution in [3.63, 3.8) is 0 Å². The molecule has 2 rings (SSSR count). The first kappa shape index (κ1) is 11.1. The van der Waals surface area contributed by atoms with E-state index in [0.29, 0.717) is 5.71 Å². The van der Waals surface area contributed by atoms with Crippen molar-refractivity contribution < 1.29 is 4.39 Å². The van der Waals surface area contributed by atoms with Gasteiger partial charge in [-0.05, 0) is 12.0 Å². The Bertz CT molecular complexity index is 361. The van der Waals surface area contributed by atoms with E-state index in [2.05, 4.69) is 24.2 Å². The van der Waals surface area contributed by atoms with Crippen LogP contribution in [0.15, 0.2) is 35.4 Å². The minimum atomic E-state index is -0.427. The van der Waals surface area contributed by atoms with Crippen molar-refractivity contribution in [1.29, 1.82) is 0 Å². The molecule has 2 nitrogen and oxygen atoms in total. The molecular weight excluding hydrogens is 203 g/mol. The predicted molar refractivity (Wildman–Crippen MR) is 64.2 cm³/mol. The first-order valence-corrected chi connectivity index (χ1v) is 5.79. The van der Waals surface area contributed by atoms with Gasteiger partial charge in [0.25, 0.3) is 0 Å². The van der Waals surface area contributed by atoms with E-state index < -0.39 is 6.67 Å². The van der Waals surface area contributed by atoms with Crippen LogP contribution in [0.1, 0.15) is 31.4 Å². The predicted octanol–water partition coefficient (Wildman–Crippen LogP) is 3.17. The van der Waals surface area contributed by atoms with Gasteiger partial charge >= 0.3 is 0 Å². The molecular formula is C13H17FN2. The topological polar surface area (TPSA) is 15.6 Å². The molecule has 0 saturated heterocycles. The molecule has 0 bridgehead atoms. The van der Waals surface area contributed by atoms with Crippen molar-refractivity contribution in [1.82, 2.24) is 5.01 Å². The molecule has 0 N–H and O–H groups in total. The van der Waals surface area contributed by atoms with Gasteiger partial charge in [0, 0.05) is 13.0 Å². The third kappa shape index (κ3) is 2.23. The van der Waals surface area contributed by atoms with Crippen molar-refractivity contribution in [3.8, 4) is 0 Å². The highest BCUT2D eigenvalue weighted by Gasteiger charge is 2.26. The molecule has 16 heavy (non-hydrogen) atoms. The third-order valence-corrected chi connectivity index (χ3v) is 2.85. The first-order valence-electron chi connectivity index (χ1n) is 5.79. The molecule has 1 aromatic carbocycles. The highest BCUT2D eigenvalue weighted by molar-refractivity contribution is 5.87. The SMILES string of the molecule is CCCN1N=C(CF)CC1c1ccccc1. The largest absolute Gasteiger partial charge is 0.289 e. The van der Waals surface area contributed by atoms with Crippen LogP contribution in [0.2, 0.25) is 0 Å². The van der Waals surface area contributed by atoms with Crippen molar-refractivity contribution in [2.75, 3.05) is 13.2 Å². The lowest BCUT2D eigenvalue weighted by molar-refractivity contribution is 0.234. The van der Waals surface area contributed by atoms with Gasteiger partial charge in [0.05, 0.1) is 11.8 Å². The highest BCUT2D eigenvalue weighted by atomic mass is 19.1. The summed E-state index contributed by atoms with van der Waals surface area (Å²) in [5.74, 6) is 0. The van der Waals surface area contributed by atoms with Crippen LogP contribution in [0.3, 0.4) is 0 Å². The summed E-state index contributed by atoms with van der Waals surface area (Å²) in [5, 5.41) is 6.35. The molecule has 0 amide bonds. The Kier molecular flexibility index (Phi) is 3.54. The fourth-order valence-electron chi connectivity index (χ4n) is 2.10. The van der Waals surface area contributed by atoms with E-state index in [1.165, 1.54) is 5.56 Å². The Balaban J connectivity index is 2.16. The molecule has 1 unspecified atom stereocenters. The van der Waals surface area contributed by atoms with Crippen LogP contribution < -0.4 is 0 Å². The summed E-state index contributed by atoms with van der Waals surface area (Å²) >= 11 is 0. The fraction of sp³-hybridized carbons (Fsp3) is 0.462. The molecule has 1 aliphatic heterocycles. The highest BCUT2D eigenvalue weighted by Crippen LogP contribution is 2.30. The van der Waals surface area contributed by atoms with Gasteiger partial charge < -0.3 is 0 Å². The number of nitrogens with zero attached hydrogens (tertiary/aromatic N) is 2. The van der Waals surface area contributed by atoms with Crippen molar-refractivity contribution in [2.24, 2.45) is 5.10 Å². The second kappa shape index (κ2) is 5.10. The van der Waals surface area contributed by atoms with Gasteiger partial charge in [0.1, 0.15) is 6.67 Å². The molecule has 0 radical (unpaired) electrons. The van der Waals surface area contributed by atoms with Gasteiger partial charge in [0.2, 0.25) is 0 Å². The lowest BCUT2D eigenvalue weighted by Crippen LogP contribution is -2.20. The van der Waals surface area contributed by atoms with Crippen LogP contribution in [0.4, 0.5) is 4.39 Å². The van der Waals surface area contributed by atoms with Crippen LogP contribution in [0.25, 0.3) is 0 Å². The minimum Gasteiger partial charge on any atom is -0.289 e. The maximum atomic E-state index is 12.6. The van der Waals surface area contributed by atoms with Gasteiger partial charge in [-0.1, -0.05) is 37.3 Å². The zero-order valence-electron chi connectivity index (χ0n) is 9.56. The average molecular weight is 220 g/mol. The lowest BCUT2D eigenvalue weighted by atomic mass is 10.0. The van der Waals surface area contributed by atoms with Gasteiger partial charge in [-0.15, -0.1) is 0 Å². The van der Waals surface area contributed by atoms with Crippen LogP contribution in [0, 0.1) is 0 Å². The van der Waals surface area contributed by atoms with Crippen LogP contribution in [-0.4, -0.2) is 23.9 Å². The smallest absolute Gasteiger partial charge is 0.129 e. The average Bonchev–Trinajstić information content (AvgIpc) is 2.74. The Morgan fingerprint density at radius 3 is 2.75 bits per heavy atom. The normalized spacial score (nSPS) is 20.0. The van der Waals surface area contributed by atoms with Crippen LogP contribution in [-0.2, 0) is 0 Å². The summed E-state index contributed by atoms with van der Waals surface area (Å²) < 4.78 is 12.6. The number of alkyl halides is 1. The van der Waals surface area contributed by atoms with Gasteiger partial charge in [0.15, 0.2) is 0 Å². The summed E-state index contributed by atoms with van der Waals surface area (Å²) in [5.41, 5.74) is 1.89. The maximum absolute atomic E-state index is 12.6. The van der Waals surface area contributed by atoms with E-state index in [4.69, 9.17) is 0 Å². The van der Waals surface area contributed by atoms with Crippen molar-refractivity contribution in [2.45, 2.75) is 25.8 Å². The molecule has 0 saturated carbocycles. The Hall–Kier alpha value is -1.38. The van der Waals surface area contributed by atoms with Gasteiger partial charge in [-0.3, -0.25) is 5.01 Å². The zero-order valence-corrected chi connectivity index (χ0v) is 9.56. The number of benzene rings is 1. The molecule has 0 aliphatic carbocycles. The molecule has 1 aliphatic rings. The van der Waals surface area contributed by atoms with Crippen molar-refractivity contribution >= 4 is 5.71 Å². The summed E-state index contributed by atoms with van der Waals surface area (Å²) in [6.07, 6.45) is 1.76. The Labute approximate surface area is 95.8 Å². The quantitative estimate of drug-likeness (QED) is 0.761. The molecule has 86 valence electrons. The number of hydrogen-bond acceptors (Lipinski definition) is 2. The number of hydrazone groups is 1. The number of rotatable bonds is 4. The Morgan fingerprint density at radius 2 is 2.12 bits per heavy atom. The van der Waals surface area contributed by atoms with Crippen LogP contribution in [0.5, 0.6) is 0 Å². The molecule has 0 spiro atoms. The fourth-order valence-corrected chi connectivity index (χ4v) is 2.10. The third-order valence-electron chi connectivity index (χ3n) is 2.85. The summed E-state index contributed by atoms with van der Waals surface area (Å²) in [6, 6.07) is 10.4. The lowest BCUT2D eigenvalue weighted by Gasteiger charge is -2.23. The van der Waals surface area contributed by atoms with E-state index in [-0.39, 0.29) is 6.04 Å². The van der Waals surface area contributed by atoms with E-state index in [0.717, 1.165) is 19.4 Å². The van der Waals surface area contributed by atoms with Gasteiger partial charge in [-0.25, -0.2) is 4.39 Å². The summed E-state index contributed by atoms with van der Waals surface area (Å²) in [4.78, 5) is 0.